The van der Waals surface area contributed by atoms with E-state index < -0.39 is 0 Å². The highest BCUT2D eigenvalue weighted by molar-refractivity contribution is 8.00. The van der Waals surface area contributed by atoms with Gasteiger partial charge in [-0.05, 0) is 31.6 Å². The van der Waals surface area contributed by atoms with Crippen molar-refractivity contribution in [1.82, 2.24) is 9.80 Å². The van der Waals surface area contributed by atoms with Crippen molar-refractivity contribution in [1.29, 1.82) is 0 Å². The van der Waals surface area contributed by atoms with Crippen molar-refractivity contribution in [2.24, 2.45) is 0 Å². The fourth-order valence-electron chi connectivity index (χ4n) is 2.59. The minimum atomic E-state index is 0. The maximum absolute atomic E-state index is 12.1. The van der Waals surface area contributed by atoms with Gasteiger partial charge < -0.3 is 9.80 Å². The maximum Gasteiger partial charge on any atom is 0.233 e. The van der Waals surface area contributed by atoms with E-state index in [-0.39, 0.29) is 23.7 Å². The van der Waals surface area contributed by atoms with Crippen LogP contribution in [0, 0.1) is 0 Å². The molecule has 1 atom stereocenters. The van der Waals surface area contributed by atoms with Gasteiger partial charge in [-0.1, -0.05) is 44.2 Å². The zero-order valence-corrected chi connectivity index (χ0v) is 14.5. The Labute approximate surface area is 138 Å². The van der Waals surface area contributed by atoms with Gasteiger partial charge in [0, 0.05) is 6.54 Å². The topological polar surface area (TPSA) is 23.6 Å². The number of carbonyl (C=O) groups is 1. The molecular formula is C16H25ClN2OS. The zero-order valence-electron chi connectivity index (χ0n) is 12.8. The summed E-state index contributed by atoms with van der Waals surface area (Å²) in [4.78, 5) is 16.5. The molecule has 1 aliphatic rings. The molecule has 118 valence electrons. The summed E-state index contributed by atoms with van der Waals surface area (Å²) in [7, 11) is 0. The summed E-state index contributed by atoms with van der Waals surface area (Å²) in [6.07, 6.45) is 1.05. The van der Waals surface area contributed by atoms with E-state index >= 15 is 0 Å². The third kappa shape index (κ3) is 4.90. The van der Waals surface area contributed by atoms with Crippen LogP contribution < -0.4 is 0 Å². The molecule has 0 saturated carbocycles. The Bertz CT molecular complexity index is 426. The van der Waals surface area contributed by atoms with Crippen molar-refractivity contribution in [3.8, 4) is 0 Å². The first-order valence-electron chi connectivity index (χ1n) is 7.44. The number of hydrogen-bond acceptors (Lipinski definition) is 3. The van der Waals surface area contributed by atoms with Crippen molar-refractivity contribution >= 4 is 30.1 Å². The van der Waals surface area contributed by atoms with Crippen LogP contribution in [0.25, 0.3) is 0 Å². The summed E-state index contributed by atoms with van der Waals surface area (Å²) >= 11 is 1.74. The molecule has 1 saturated heterocycles. The van der Waals surface area contributed by atoms with Crippen LogP contribution in [0.2, 0.25) is 0 Å². The Morgan fingerprint density at radius 3 is 2.52 bits per heavy atom. The van der Waals surface area contributed by atoms with Gasteiger partial charge in [0.1, 0.15) is 5.37 Å². The smallest absolute Gasteiger partial charge is 0.233 e. The quantitative estimate of drug-likeness (QED) is 0.766. The highest BCUT2D eigenvalue weighted by Crippen LogP contribution is 2.38. The molecule has 1 amide bonds. The first kappa shape index (κ1) is 18.3. The van der Waals surface area contributed by atoms with E-state index in [4.69, 9.17) is 0 Å². The lowest BCUT2D eigenvalue weighted by molar-refractivity contribution is -0.128. The average Bonchev–Trinajstić information content (AvgIpc) is 2.86. The fraction of sp³-hybridized carbons (Fsp3) is 0.562. The normalized spacial score (nSPS) is 18.1. The molecule has 3 nitrogen and oxygen atoms in total. The van der Waals surface area contributed by atoms with Gasteiger partial charge >= 0.3 is 0 Å². The van der Waals surface area contributed by atoms with Gasteiger partial charge in [0.15, 0.2) is 0 Å². The van der Waals surface area contributed by atoms with Crippen LogP contribution in [0.15, 0.2) is 30.3 Å². The molecule has 0 aromatic heterocycles. The Balaban J connectivity index is 0.00000220. The molecule has 1 aromatic carbocycles. The molecule has 0 aliphatic carbocycles. The third-order valence-electron chi connectivity index (χ3n) is 3.82. The average molecular weight is 329 g/mol. The molecule has 1 aliphatic heterocycles. The largest absolute Gasteiger partial charge is 0.326 e. The summed E-state index contributed by atoms with van der Waals surface area (Å²) in [5.41, 5.74) is 1.24. The minimum Gasteiger partial charge on any atom is -0.326 e. The summed E-state index contributed by atoms with van der Waals surface area (Å²) in [5.74, 6) is 0.897. The van der Waals surface area contributed by atoms with E-state index in [2.05, 4.69) is 30.9 Å². The number of rotatable bonds is 7. The number of hydrogen-bond donors (Lipinski definition) is 0. The molecule has 21 heavy (non-hydrogen) atoms. The van der Waals surface area contributed by atoms with Crippen LogP contribution in [0.5, 0.6) is 0 Å². The summed E-state index contributed by atoms with van der Waals surface area (Å²) < 4.78 is 0. The lowest BCUT2D eigenvalue weighted by Crippen LogP contribution is -2.32. The molecule has 1 heterocycles. The van der Waals surface area contributed by atoms with Crippen LogP contribution >= 0.6 is 24.2 Å². The summed E-state index contributed by atoms with van der Waals surface area (Å²) in [6.45, 7) is 8.48. The van der Waals surface area contributed by atoms with E-state index in [0.717, 1.165) is 32.6 Å². The Morgan fingerprint density at radius 1 is 1.24 bits per heavy atom. The highest BCUT2D eigenvalue weighted by Gasteiger charge is 2.32. The number of halogens is 1. The molecule has 5 heteroatoms. The Hall–Kier alpha value is -0.710. The van der Waals surface area contributed by atoms with Crippen molar-refractivity contribution in [2.75, 3.05) is 31.9 Å². The van der Waals surface area contributed by atoms with E-state index in [1.165, 1.54) is 5.56 Å². The lowest BCUT2D eigenvalue weighted by Gasteiger charge is -2.26. The standard InChI is InChI=1S/C16H24N2OS.ClH/c1-3-17(4-2)11-8-12-18-15(19)13-20-16(18)14-9-6-5-7-10-14;/h5-7,9-10,16H,3-4,8,11-13H2,1-2H3;1H. The van der Waals surface area contributed by atoms with Crippen LogP contribution in [0.1, 0.15) is 31.2 Å². The van der Waals surface area contributed by atoms with Crippen molar-refractivity contribution < 1.29 is 4.79 Å². The second kappa shape index (κ2) is 9.34. The number of thioether (sulfide) groups is 1. The monoisotopic (exact) mass is 328 g/mol. The predicted molar refractivity (Wildman–Crippen MR) is 93.0 cm³/mol. The number of amides is 1. The zero-order chi connectivity index (χ0) is 14.4. The number of benzene rings is 1. The second-order valence-electron chi connectivity index (χ2n) is 5.04. The van der Waals surface area contributed by atoms with Crippen molar-refractivity contribution in [2.45, 2.75) is 25.6 Å². The first-order chi connectivity index (χ1) is 9.76. The summed E-state index contributed by atoms with van der Waals surface area (Å²) in [5, 5.41) is 0.209. The van der Waals surface area contributed by atoms with E-state index in [9.17, 15) is 4.79 Å². The Morgan fingerprint density at radius 2 is 1.90 bits per heavy atom. The SMILES string of the molecule is CCN(CC)CCCN1C(=O)CSC1c1ccccc1.Cl. The van der Waals surface area contributed by atoms with Gasteiger partial charge in [-0.25, -0.2) is 0 Å². The fourth-order valence-corrected chi connectivity index (χ4v) is 3.81. The molecule has 0 spiro atoms. The molecular weight excluding hydrogens is 304 g/mol. The van der Waals surface area contributed by atoms with Crippen LogP contribution in [-0.4, -0.2) is 47.6 Å². The number of nitrogens with zero attached hydrogens (tertiary/aromatic N) is 2. The molecule has 0 radical (unpaired) electrons. The first-order valence-corrected chi connectivity index (χ1v) is 8.49. The third-order valence-corrected chi connectivity index (χ3v) is 5.08. The molecule has 0 N–H and O–H groups in total. The predicted octanol–water partition coefficient (Wildman–Crippen LogP) is 3.41. The molecule has 1 fully saturated rings. The van der Waals surface area contributed by atoms with Gasteiger partial charge in [-0.15, -0.1) is 24.2 Å². The molecule has 2 rings (SSSR count). The Kier molecular flexibility index (Phi) is 8.15. The van der Waals surface area contributed by atoms with Gasteiger partial charge in [0.2, 0.25) is 5.91 Å². The van der Waals surface area contributed by atoms with E-state index in [1.54, 1.807) is 11.8 Å². The van der Waals surface area contributed by atoms with Crippen molar-refractivity contribution in [3.63, 3.8) is 0 Å². The highest BCUT2D eigenvalue weighted by atomic mass is 35.5. The van der Waals surface area contributed by atoms with Gasteiger partial charge in [0.05, 0.1) is 5.75 Å². The van der Waals surface area contributed by atoms with E-state index in [1.807, 2.05) is 23.1 Å². The van der Waals surface area contributed by atoms with Gasteiger partial charge in [-0.3, -0.25) is 4.79 Å². The molecule has 1 aromatic rings. The van der Waals surface area contributed by atoms with Gasteiger partial charge in [-0.2, -0.15) is 0 Å². The van der Waals surface area contributed by atoms with Crippen LogP contribution in [0.3, 0.4) is 0 Å². The lowest BCUT2D eigenvalue weighted by atomic mass is 10.2. The second-order valence-corrected chi connectivity index (χ2v) is 6.11. The molecule has 1 unspecified atom stereocenters. The summed E-state index contributed by atoms with van der Waals surface area (Å²) in [6, 6.07) is 10.4. The maximum atomic E-state index is 12.1. The van der Waals surface area contributed by atoms with Gasteiger partial charge in [0.25, 0.3) is 0 Å². The van der Waals surface area contributed by atoms with E-state index in [0.29, 0.717) is 5.75 Å². The number of carbonyl (C=O) groups excluding carboxylic acids is 1. The van der Waals surface area contributed by atoms with Crippen molar-refractivity contribution in [3.05, 3.63) is 35.9 Å². The molecule has 0 bridgehead atoms. The van der Waals surface area contributed by atoms with Crippen LogP contribution in [-0.2, 0) is 4.79 Å². The minimum absolute atomic E-state index is 0. The van der Waals surface area contributed by atoms with Crippen LogP contribution in [0.4, 0.5) is 0 Å².